The van der Waals surface area contributed by atoms with E-state index in [0.717, 1.165) is 12.8 Å². The first kappa shape index (κ1) is 18.9. The van der Waals surface area contributed by atoms with Crippen LogP contribution in [0.5, 0.6) is 0 Å². The van der Waals surface area contributed by atoms with Crippen molar-refractivity contribution in [3.63, 3.8) is 0 Å². The van der Waals surface area contributed by atoms with Crippen LogP contribution in [0.15, 0.2) is 24.8 Å². The van der Waals surface area contributed by atoms with E-state index >= 15 is 0 Å². The highest BCUT2D eigenvalue weighted by Gasteiger charge is 2.08. The molecule has 0 aromatic carbocycles. The predicted molar refractivity (Wildman–Crippen MR) is 86.7 cm³/mol. The van der Waals surface area contributed by atoms with Crippen LogP contribution < -0.4 is 0 Å². The lowest BCUT2D eigenvalue weighted by Crippen LogP contribution is -2.14. The fourth-order valence-corrected chi connectivity index (χ4v) is 2.29. The van der Waals surface area contributed by atoms with Crippen LogP contribution in [-0.2, 0) is 9.53 Å². The Labute approximate surface area is 125 Å². The quantitative estimate of drug-likeness (QED) is 0.250. The number of esters is 1. The van der Waals surface area contributed by atoms with E-state index in [1.807, 2.05) is 12.2 Å². The summed E-state index contributed by atoms with van der Waals surface area (Å²) >= 11 is 0. The molecule has 0 aliphatic rings. The van der Waals surface area contributed by atoms with Crippen molar-refractivity contribution < 1.29 is 9.53 Å². The van der Waals surface area contributed by atoms with Crippen LogP contribution in [0.4, 0.5) is 0 Å². The van der Waals surface area contributed by atoms with Crippen molar-refractivity contribution in [2.45, 2.75) is 84.2 Å². The third-order valence-corrected chi connectivity index (χ3v) is 3.46. The van der Waals surface area contributed by atoms with Gasteiger partial charge in [0, 0.05) is 6.92 Å². The highest BCUT2D eigenvalue weighted by atomic mass is 16.5. The molecule has 0 aliphatic carbocycles. The first-order valence-corrected chi connectivity index (χ1v) is 8.15. The maximum atomic E-state index is 10.9. The molecule has 0 fully saturated rings. The van der Waals surface area contributed by atoms with E-state index in [2.05, 4.69) is 19.6 Å². The topological polar surface area (TPSA) is 26.3 Å². The Morgan fingerprint density at radius 2 is 1.70 bits per heavy atom. The molecule has 0 radical (unpaired) electrons. The van der Waals surface area contributed by atoms with Gasteiger partial charge in [0.15, 0.2) is 0 Å². The third-order valence-electron chi connectivity index (χ3n) is 3.46. The van der Waals surface area contributed by atoms with E-state index in [1.54, 1.807) is 0 Å². The molecule has 0 aromatic heterocycles. The van der Waals surface area contributed by atoms with Crippen LogP contribution in [0.1, 0.15) is 78.1 Å². The molecule has 0 bridgehead atoms. The van der Waals surface area contributed by atoms with Crippen molar-refractivity contribution in [1.29, 1.82) is 0 Å². The molecule has 1 unspecified atom stereocenters. The van der Waals surface area contributed by atoms with Gasteiger partial charge in [-0.05, 0) is 32.1 Å². The molecule has 1 atom stereocenters. The second kappa shape index (κ2) is 14.4. The summed E-state index contributed by atoms with van der Waals surface area (Å²) in [5, 5.41) is 0. The fourth-order valence-electron chi connectivity index (χ4n) is 2.29. The molecule has 0 heterocycles. The lowest BCUT2D eigenvalue weighted by molar-refractivity contribution is -0.146. The van der Waals surface area contributed by atoms with E-state index < -0.39 is 0 Å². The summed E-state index contributed by atoms with van der Waals surface area (Å²) in [6.07, 6.45) is 18.3. The van der Waals surface area contributed by atoms with Gasteiger partial charge in [0.2, 0.25) is 0 Å². The van der Waals surface area contributed by atoms with E-state index in [4.69, 9.17) is 4.74 Å². The van der Waals surface area contributed by atoms with Crippen LogP contribution in [0.25, 0.3) is 0 Å². The summed E-state index contributed by atoms with van der Waals surface area (Å²) < 4.78 is 5.24. The van der Waals surface area contributed by atoms with Crippen LogP contribution >= 0.6 is 0 Å². The molecule has 0 aromatic rings. The minimum absolute atomic E-state index is 0.129. The zero-order chi connectivity index (χ0) is 15.1. The SMILES string of the molecule is C=C/C=C/CCCCCCCCCC(CC)OC(C)=O. The smallest absolute Gasteiger partial charge is 0.302 e. The number of carbonyl (C=O) groups is 1. The minimum Gasteiger partial charge on any atom is -0.463 e. The maximum Gasteiger partial charge on any atom is 0.302 e. The highest BCUT2D eigenvalue weighted by molar-refractivity contribution is 5.66. The average Bonchev–Trinajstić information content (AvgIpc) is 2.43. The maximum absolute atomic E-state index is 10.9. The van der Waals surface area contributed by atoms with Crippen LogP contribution in [-0.4, -0.2) is 12.1 Å². The van der Waals surface area contributed by atoms with Crippen LogP contribution in [0.2, 0.25) is 0 Å². The zero-order valence-corrected chi connectivity index (χ0v) is 13.4. The molecule has 2 nitrogen and oxygen atoms in total. The van der Waals surface area contributed by atoms with Crippen molar-refractivity contribution in [3.8, 4) is 0 Å². The molecule has 2 heteroatoms. The Hall–Kier alpha value is -1.05. The lowest BCUT2D eigenvalue weighted by atomic mass is 10.0. The van der Waals surface area contributed by atoms with Crippen molar-refractivity contribution in [2.24, 2.45) is 0 Å². The molecule has 0 rings (SSSR count). The molecule has 0 N–H and O–H groups in total. The first-order chi connectivity index (χ1) is 9.70. The molecule has 116 valence electrons. The van der Waals surface area contributed by atoms with Gasteiger partial charge < -0.3 is 4.74 Å². The van der Waals surface area contributed by atoms with Crippen molar-refractivity contribution in [3.05, 3.63) is 24.8 Å². The van der Waals surface area contributed by atoms with Gasteiger partial charge in [0.05, 0.1) is 0 Å². The summed E-state index contributed by atoms with van der Waals surface area (Å²) in [7, 11) is 0. The minimum atomic E-state index is -0.151. The Morgan fingerprint density at radius 1 is 1.10 bits per heavy atom. The van der Waals surface area contributed by atoms with Gasteiger partial charge in [-0.25, -0.2) is 0 Å². The number of allylic oxidation sites excluding steroid dienone is 3. The summed E-state index contributed by atoms with van der Waals surface area (Å²) in [6, 6.07) is 0. The van der Waals surface area contributed by atoms with Crippen molar-refractivity contribution in [1.82, 2.24) is 0 Å². The summed E-state index contributed by atoms with van der Waals surface area (Å²) in [6.45, 7) is 7.23. The number of carbonyl (C=O) groups excluding carboxylic acids is 1. The van der Waals surface area contributed by atoms with Crippen LogP contribution in [0.3, 0.4) is 0 Å². The van der Waals surface area contributed by atoms with Gasteiger partial charge in [-0.2, -0.15) is 0 Å². The van der Waals surface area contributed by atoms with Gasteiger partial charge >= 0.3 is 5.97 Å². The van der Waals surface area contributed by atoms with E-state index in [0.29, 0.717) is 0 Å². The normalized spacial score (nSPS) is 12.5. The van der Waals surface area contributed by atoms with Crippen molar-refractivity contribution >= 4 is 5.97 Å². The highest BCUT2D eigenvalue weighted by Crippen LogP contribution is 2.13. The standard InChI is InChI=1S/C18H32O2/c1-4-6-7-8-9-10-11-12-13-14-15-16-18(5-2)20-17(3)19/h4,6-7,18H,1,5,8-16H2,2-3H3/b7-6+. The van der Waals surface area contributed by atoms with Gasteiger partial charge in [0.1, 0.15) is 6.10 Å². The van der Waals surface area contributed by atoms with Gasteiger partial charge in [-0.1, -0.05) is 63.8 Å². The lowest BCUT2D eigenvalue weighted by Gasteiger charge is -2.14. The first-order valence-electron chi connectivity index (χ1n) is 8.15. The van der Waals surface area contributed by atoms with Gasteiger partial charge in [-0.15, -0.1) is 0 Å². The largest absolute Gasteiger partial charge is 0.463 e. The van der Waals surface area contributed by atoms with Crippen LogP contribution in [0, 0.1) is 0 Å². The van der Waals surface area contributed by atoms with Gasteiger partial charge in [-0.3, -0.25) is 4.79 Å². The molecular formula is C18H32O2. The number of hydrogen-bond donors (Lipinski definition) is 0. The Kier molecular flexibility index (Phi) is 13.6. The molecule has 0 saturated heterocycles. The van der Waals surface area contributed by atoms with Crippen molar-refractivity contribution in [2.75, 3.05) is 0 Å². The van der Waals surface area contributed by atoms with Gasteiger partial charge in [0.25, 0.3) is 0 Å². The average molecular weight is 280 g/mol. The number of rotatable bonds is 13. The summed E-state index contributed by atoms with van der Waals surface area (Å²) in [5.74, 6) is -0.151. The van der Waals surface area contributed by atoms with E-state index in [-0.39, 0.29) is 12.1 Å². The fraction of sp³-hybridized carbons (Fsp3) is 0.722. The Balaban J connectivity index is 3.29. The second-order valence-electron chi connectivity index (χ2n) is 5.36. The Morgan fingerprint density at radius 3 is 2.25 bits per heavy atom. The third kappa shape index (κ3) is 13.4. The molecule has 20 heavy (non-hydrogen) atoms. The predicted octanol–water partition coefficient (Wildman–Crippen LogP) is 5.58. The number of ether oxygens (including phenoxy) is 1. The monoisotopic (exact) mass is 280 g/mol. The zero-order valence-electron chi connectivity index (χ0n) is 13.4. The molecule has 0 amide bonds. The summed E-state index contributed by atoms with van der Waals surface area (Å²) in [4.78, 5) is 10.9. The molecule has 0 aliphatic heterocycles. The molecule has 0 spiro atoms. The van der Waals surface area contributed by atoms with E-state index in [1.165, 1.54) is 58.3 Å². The Bertz CT molecular complexity index is 269. The number of unbranched alkanes of at least 4 members (excludes halogenated alkanes) is 7. The summed E-state index contributed by atoms with van der Waals surface area (Å²) in [5.41, 5.74) is 0. The molecular weight excluding hydrogens is 248 g/mol. The number of hydrogen-bond acceptors (Lipinski definition) is 2. The second-order valence-corrected chi connectivity index (χ2v) is 5.36. The molecule has 0 saturated carbocycles. The van der Waals surface area contributed by atoms with E-state index in [9.17, 15) is 4.79 Å².